The Morgan fingerprint density at radius 2 is 2.00 bits per heavy atom. The highest BCUT2D eigenvalue weighted by atomic mass is 16.1. The maximum atomic E-state index is 11.1. The van der Waals surface area contributed by atoms with E-state index in [4.69, 9.17) is 5.73 Å². The van der Waals surface area contributed by atoms with Gasteiger partial charge in [-0.1, -0.05) is 0 Å². The molecule has 0 saturated carbocycles. The maximum absolute atomic E-state index is 11.1. The summed E-state index contributed by atoms with van der Waals surface area (Å²) in [4.78, 5) is 13.3. The monoisotopic (exact) mass is 156 g/mol. The highest BCUT2D eigenvalue weighted by Crippen LogP contribution is 2.06. The fraction of sp³-hybridized carbons (Fsp3) is 0.875. The molecule has 0 unspecified atom stereocenters. The highest BCUT2D eigenvalue weighted by molar-refractivity contribution is 5.80. The molecule has 0 spiro atoms. The van der Waals surface area contributed by atoms with Crippen molar-refractivity contribution in [2.45, 2.75) is 19.3 Å². The maximum Gasteiger partial charge on any atom is 0.148 e. The first-order valence-corrected chi connectivity index (χ1v) is 4.27. The van der Waals surface area contributed by atoms with Crippen LogP contribution in [0.2, 0.25) is 0 Å². The molecule has 0 aromatic rings. The molecule has 0 aliphatic carbocycles. The predicted octanol–water partition coefficient (Wildman–Crippen LogP) is 0.0001000. The van der Waals surface area contributed by atoms with Gasteiger partial charge in [-0.3, -0.25) is 9.69 Å². The fourth-order valence-electron chi connectivity index (χ4n) is 1.43. The smallest absolute Gasteiger partial charge is 0.148 e. The Bertz CT molecular complexity index is 130. The summed E-state index contributed by atoms with van der Waals surface area (Å²) in [6.45, 7) is 3.30. The summed E-state index contributed by atoms with van der Waals surface area (Å²) in [5, 5.41) is 0. The second-order valence-corrected chi connectivity index (χ2v) is 3.06. The second kappa shape index (κ2) is 4.46. The van der Waals surface area contributed by atoms with Gasteiger partial charge in [0, 0.05) is 6.42 Å². The molecule has 0 atom stereocenters. The van der Waals surface area contributed by atoms with Gasteiger partial charge in [0.25, 0.3) is 0 Å². The minimum Gasteiger partial charge on any atom is -0.330 e. The van der Waals surface area contributed by atoms with Crippen LogP contribution in [0.1, 0.15) is 19.3 Å². The van der Waals surface area contributed by atoms with Crippen molar-refractivity contribution in [2.24, 2.45) is 5.73 Å². The first-order valence-electron chi connectivity index (χ1n) is 4.27. The summed E-state index contributed by atoms with van der Waals surface area (Å²) in [6, 6.07) is 0. The van der Waals surface area contributed by atoms with E-state index >= 15 is 0 Å². The van der Waals surface area contributed by atoms with E-state index < -0.39 is 0 Å². The van der Waals surface area contributed by atoms with Gasteiger partial charge in [0.2, 0.25) is 0 Å². The minimum atomic E-state index is 0.286. The number of ketones is 1. The van der Waals surface area contributed by atoms with Gasteiger partial charge in [-0.15, -0.1) is 0 Å². The SMILES string of the molecule is NCCC(=O)CN1CCCC1. The number of likely N-dealkylation sites (tertiary alicyclic amines) is 1. The van der Waals surface area contributed by atoms with Gasteiger partial charge >= 0.3 is 0 Å². The van der Waals surface area contributed by atoms with Crippen LogP contribution < -0.4 is 5.73 Å². The molecule has 0 amide bonds. The van der Waals surface area contributed by atoms with E-state index in [2.05, 4.69) is 4.90 Å². The zero-order valence-corrected chi connectivity index (χ0v) is 6.88. The number of carbonyl (C=O) groups is 1. The lowest BCUT2D eigenvalue weighted by molar-refractivity contribution is -0.119. The zero-order chi connectivity index (χ0) is 8.10. The molecule has 3 heteroatoms. The van der Waals surface area contributed by atoms with E-state index in [1.807, 2.05) is 0 Å². The van der Waals surface area contributed by atoms with E-state index in [0.29, 0.717) is 19.5 Å². The van der Waals surface area contributed by atoms with Crippen LogP contribution in [0.4, 0.5) is 0 Å². The van der Waals surface area contributed by atoms with Crippen LogP contribution in [0, 0.1) is 0 Å². The molecule has 3 nitrogen and oxygen atoms in total. The van der Waals surface area contributed by atoms with Gasteiger partial charge in [0.1, 0.15) is 5.78 Å². The Morgan fingerprint density at radius 3 is 2.55 bits per heavy atom. The molecule has 1 rings (SSSR count). The van der Waals surface area contributed by atoms with Crippen LogP contribution in [0.25, 0.3) is 0 Å². The Balaban J connectivity index is 2.13. The number of hydrogen-bond donors (Lipinski definition) is 1. The standard InChI is InChI=1S/C8H16N2O/c9-4-3-8(11)7-10-5-1-2-6-10/h1-7,9H2. The molecule has 0 radical (unpaired) electrons. The normalized spacial score (nSPS) is 19.0. The van der Waals surface area contributed by atoms with Crippen molar-refractivity contribution in [3.05, 3.63) is 0 Å². The van der Waals surface area contributed by atoms with Crippen molar-refractivity contribution in [3.8, 4) is 0 Å². The number of Topliss-reactive ketones (excluding diaryl/α,β-unsaturated/α-hetero) is 1. The third kappa shape index (κ3) is 2.99. The van der Waals surface area contributed by atoms with Crippen LogP contribution >= 0.6 is 0 Å². The highest BCUT2D eigenvalue weighted by Gasteiger charge is 2.13. The topological polar surface area (TPSA) is 46.3 Å². The first kappa shape index (κ1) is 8.68. The van der Waals surface area contributed by atoms with Crippen LogP contribution in [0.5, 0.6) is 0 Å². The molecule has 11 heavy (non-hydrogen) atoms. The molecule has 1 saturated heterocycles. The Kier molecular flexibility index (Phi) is 3.52. The Morgan fingerprint density at radius 1 is 1.36 bits per heavy atom. The molecule has 1 aliphatic heterocycles. The summed E-state index contributed by atoms with van der Waals surface area (Å²) >= 11 is 0. The Labute approximate surface area is 67.5 Å². The van der Waals surface area contributed by atoms with Gasteiger partial charge in [0.05, 0.1) is 6.54 Å². The van der Waals surface area contributed by atoms with Crippen molar-refractivity contribution in [3.63, 3.8) is 0 Å². The molecule has 0 aromatic carbocycles. The second-order valence-electron chi connectivity index (χ2n) is 3.06. The number of rotatable bonds is 4. The first-order chi connectivity index (χ1) is 5.33. The average molecular weight is 156 g/mol. The summed E-state index contributed by atoms with van der Waals surface area (Å²) in [5.41, 5.74) is 5.26. The summed E-state index contributed by atoms with van der Waals surface area (Å²) in [6.07, 6.45) is 3.03. The number of nitrogens with zero attached hydrogens (tertiary/aromatic N) is 1. The van der Waals surface area contributed by atoms with Crippen molar-refractivity contribution >= 4 is 5.78 Å². The summed E-state index contributed by atoms with van der Waals surface area (Å²) in [5.74, 6) is 0.286. The van der Waals surface area contributed by atoms with E-state index in [-0.39, 0.29) is 5.78 Å². The lowest BCUT2D eigenvalue weighted by atomic mass is 10.3. The summed E-state index contributed by atoms with van der Waals surface area (Å²) < 4.78 is 0. The van der Waals surface area contributed by atoms with E-state index in [1.165, 1.54) is 12.8 Å². The van der Waals surface area contributed by atoms with Gasteiger partial charge in [0.15, 0.2) is 0 Å². The van der Waals surface area contributed by atoms with Gasteiger partial charge in [-0.05, 0) is 32.5 Å². The quantitative estimate of drug-likeness (QED) is 0.623. The molecule has 2 N–H and O–H groups in total. The van der Waals surface area contributed by atoms with E-state index in [9.17, 15) is 4.79 Å². The predicted molar refractivity (Wildman–Crippen MR) is 44.4 cm³/mol. The van der Waals surface area contributed by atoms with E-state index in [0.717, 1.165) is 13.1 Å². The molecule has 0 aromatic heterocycles. The number of hydrogen-bond acceptors (Lipinski definition) is 3. The van der Waals surface area contributed by atoms with Crippen molar-refractivity contribution in [1.82, 2.24) is 4.90 Å². The lowest BCUT2D eigenvalue weighted by Crippen LogP contribution is -2.27. The van der Waals surface area contributed by atoms with Crippen molar-refractivity contribution in [1.29, 1.82) is 0 Å². The molecule has 0 bridgehead atoms. The molecule has 1 aliphatic rings. The fourth-order valence-corrected chi connectivity index (χ4v) is 1.43. The molecule has 1 fully saturated rings. The van der Waals surface area contributed by atoms with Crippen molar-refractivity contribution < 1.29 is 4.79 Å². The van der Waals surface area contributed by atoms with Crippen LogP contribution in [0.15, 0.2) is 0 Å². The van der Waals surface area contributed by atoms with Crippen LogP contribution in [-0.2, 0) is 4.79 Å². The molecule has 1 heterocycles. The van der Waals surface area contributed by atoms with E-state index in [1.54, 1.807) is 0 Å². The third-order valence-electron chi connectivity index (χ3n) is 2.02. The van der Waals surface area contributed by atoms with Gasteiger partial charge < -0.3 is 5.73 Å². The minimum absolute atomic E-state index is 0.286. The van der Waals surface area contributed by atoms with Gasteiger partial charge in [-0.25, -0.2) is 0 Å². The zero-order valence-electron chi connectivity index (χ0n) is 6.88. The van der Waals surface area contributed by atoms with Crippen molar-refractivity contribution in [2.75, 3.05) is 26.2 Å². The molecular formula is C8H16N2O. The largest absolute Gasteiger partial charge is 0.330 e. The lowest BCUT2D eigenvalue weighted by Gasteiger charge is -2.12. The molecular weight excluding hydrogens is 140 g/mol. The summed E-state index contributed by atoms with van der Waals surface area (Å²) in [7, 11) is 0. The number of carbonyl (C=O) groups excluding carboxylic acids is 1. The molecule has 64 valence electrons. The van der Waals surface area contributed by atoms with Crippen LogP contribution in [0.3, 0.4) is 0 Å². The van der Waals surface area contributed by atoms with Gasteiger partial charge in [-0.2, -0.15) is 0 Å². The van der Waals surface area contributed by atoms with Crippen LogP contribution in [-0.4, -0.2) is 36.9 Å². The Hall–Kier alpha value is -0.410. The third-order valence-corrected chi connectivity index (χ3v) is 2.02. The number of nitrogens with two attached hydrogens (primary N) is 1. The average Bonchev–Trinajstić information content (AvgIpc) is 2.40.